The number of hydrogen-bond donors (Lipinski definition) is 3. The number of rotatable bonds is 9. The van der Waals surface area contributed by atoms with Gasteiger partial charge in [0.05, 0.1) is 5.52 Å². The van der Waals surface area contributed by atoms with Crippen molar-refractivity contribution in [3.8, 4) is 5.75 Å². The van der Waals surface area contributed by atoms with Gasteiger partial charge in [-0.2, -0.15) is 0 Å². The molecule has 1 aromatic carbocycles. The number of benzene rings is 1. The van der Waals surface area contributed by atoms with Crippen molar-refractivity contribution in [1.29, 1.82) is 0 Å². The van der Waals surface area contributed by atoms with Crippen LogP contribution in [0.5, 0.6) is 5.75 Å². The number of alkyl carbamates (subject to hydrolysis) is 1. The number of aromatic amines is 1. The highest BCUT2D eigenvalue weighted by atomic mass is 16.6. The first-order chi connectivity index (χ1) is 15.2. The third-order valence-electron chi connectivity index (χ3n) is 4.68. The van der Waals surface area contributed by atoms with Crippen molar-refractivity contribution < 1.29 is 19.0 Å². The molecule has 174 valence electrons. The second-order valence-corrected chi connectivity index (χ2v) is 8.63. The lowest BCUT2D eigenvalue weighted by molar-refractivity contribution is 0.118. The summed E-state index contributed by atoms with van der Waals surface area (Å²) >= 11 is 0. The molecular weight excluding hydrogens is 410 g/mol. The quantitative estimate of drug-likeness (QED) is 0.426. The first-order valence-electron chi connectivity index (χ1n) is 11.0. The Labute approximate surface area is 188 Å². The molecule has 0 atom stereocenters. The lowest BCUT2D eigenvalue weighted by atomic mass is 10.0. The van der Waals surface area contributed by atoms with Crippen molar-refractivity contribution >= 4 is 33.8 Å². The van der Waals surface area contributed by atoms with Crippen LogP contribution in [-0.2, 0) is 22.5 Å². The number of nitrogens with two attached hydrogens (primary N) is 1. The zero-order chi connectivity index (χ0) is 23.3. The molecule has 0 saturated carbocycles. The van der Waals surface area contributed by atoms with Gasteiger partial charge in [0.15, 0.2) is 0 Å². The predicted octanol–water partition coefficient (Wildman–Crippen LogP) is 4.09. The average Bonchev–Trinajstić information content (AvgIpc) is 3.13. The van der Waals surface area contributed by atoms with Gasteiger partial charge in [-0.3, -0.25) is 0 Å². The van der Waals surface area contributed by atoms with Crippen LogP contribution < -0.4 is 15.8 Å². The van der Waals surface area contributed by atoms with Crippen LogP contribution in [0.15, 0.2) is 12.1 Å². The molecule has 3 aromatic rings. The molecule has 3 rings (SSSR count). The summed E-state index contributed by atoms with van der Waals surface area (Å²) < 4.78 is 16.5. The standard InChI is InChI=1S/C23H33N5O4/c1-6-8-14-11-15(31-9-10-32-22(29)28-23(3,4)5)12-16-18(14)19-20(21(24)25-16)27-17(26-19)13-30-7-2/h11-12H,6-10,13H2,1-5H3,(H2,24,25)(H,26,27)(H,28,29). The molecule has 4 N–H and O–H groups in total. The third kappa shape index (κ3) is 5.79. The number of pyridine rings is 1. The number of imidazole rings is 1. The number of fused-ring (bicyclic) bond motifs is 3. The van der Waals surface area contributed by atoms with Crippen molar-refractivity contribution in [2.45, 2.75) is 59.6 Å². The summed E-state index contributed by atoms with van der Waals surface area (Å²) in [4.78, 5) is 24.3. The van der Waals surface area contributed by atoms with Gasteiger partial charge >= 0.3 is 6.09 Å². The Morgan fingerprint density at radius 2 is 1.97 bits per heavy atom. The lowest BCUT2D eigenvalue weighted by Gasteiger charge is -2.20. The van der Waals surface area contributed by atoms with Gasteiger partial charge in [0, 0.05) is 23.6 Å². The Morgan fingerprint density at radius 3 is 2.66 bits per heavy atom. The molecule has 0 radical (unpaired) electrons. The van der Waals surface area contributed by atoms with Crippen LogP contribution in [0.3, 0.4) is 0 Å². The summed E-state index contributed by atoms with van der Waals surface area (Å²) in [5.74, 6) is 1.75. The molecule has 0 bridgehead atoms. The van der Waals surface area contributed by atoms with Gasteiger partial charge in [0.25, 0.3) is 0 Å². The van der Waals surface area contributed by atoms with Crippen LogP contribution in [0.2, 0.25) is 0 Å². The van der Waals surface area contributed by atoms with Crippen LogP contribution in [-0.4, -0.2) is 46.4 Å². The van der Waals surface area contributed by atoms with Crippen LogP contribution >= 0.6 is 0 Å². The Hall–Kier alpha value is -3.07. The number of H-pyrrole nitrogens is 1. The van der Waals surface area contributed by atoms with Crippen molar-refractivity contribution in [2.24, 2.45) is 0 Å². The van der Waals surface area contributed by atoms with E-state index >= 15 is 0 Å². The molecule has 0 saturated heterocycles. The van der Waals surface area contributed by atoms with E-state index in [1.165, 1.54) is 0 Å². The number of aryl methyl sites for hydroxylation is 1. The molecule has 0 unspecified atom stereocenters. The highest BCUT2D eigenvalue weighted by molar-refractivity contribution is 6.08. The SMILES string of the molecule is CCCc1cc(OCCOC(=O)NC(C)(C)C)cc2nc(N)c3[nH]c(COCC)nc3c12. The third-order valence-corrected chi connectivity index (χ3v) is 4.68. The van der Waals surface area contributed by atoms with Crippen molar-refractivity contribution in [2.75, 3.05) is 25.6 Å². The second-order valence-electron chi connectivity index (χ2n) is 8.63. The lowest BCUT2D eigenvalue weighted by Crippen LogP contribution is -2.41. The average molecular weight is 444 g/mol. The Bertz CT molecular complexity index is 1090. The fourth-order valence-corrected chi connectivity index (χ4v) is 3.45. The van der Waals surface area contributed by atoms with Gasteiger partial charge in [-0.15, -0.1) is 0 Å². The minimum absolute atomic E-state index is 0.137. The summed E-state index contributed by atoms with van der Waals surface area (Å²) in [5, 5.41) is 3.71. The molecule has 9 heteroatoms. The molecule has 0 spiro atoms. The number of hydrogen-bond acceptors (Lipinski definition) is 7. The zero-order valence-electron chi connectivity index (χ0n) is 19.5. The number of ether oxygens (including phenoxy) is 3. The molecule has 2 heterocycles. The van der Waals surface area contributed by atoms with Crippen LogP contribution in [0.25, 0.3) is 21.9 Å². The number of carbonyl (C=O) groups excluding carboxylic acids is 1. The fraction of sp³-hybridized carbons (Fsp3) is 0.522. The normalized spacial score (nSPS) is 11.8. The Balaban J connectivity index is 1.83. The van der Waals surface area contributed by atoms with Crippen LogP contribution in [0, 0.1) is 0 Å². The smallest absolute Gasteiger partial charge is 0.407 e. The van der Waals surface area contributed by atoms with Gasteiger partial charge < -0.3 is 30.2 Å². The number of carbonyl (C=O) groups is 1. The summed E-state index contributed by atoms with van der Waals surface area (Å²) in [6.45, 7) is 11.1. The molecule has 0 aliphatic carbocycles. The van der Waals surface area contributed by atoms with Gasteiger partial charge in [-0.05, 0) is 45.7 Å². The van der Waals surface area contributed by atoms with Crippen LogP contribution in [0.4, 0.5) is 10.6 Å². The van der Waals surface area contributed by atoms with E-state index in [1.807, 2.05) is 39.8 Å². The van der Waals surface area contributed by atoms with Gasteiger partial charge in [-0.1, -0.05) is 13.3 Å². The highest BCUT2D eigenvalue weighted by Gasteiger charge is 2.17. The Morgan fingerprint density at radius 1 is 1.19 bits per heavy atom. The van der Waals surface area contributed by atoms with Crippen molar-refractivity contribution in [3.63, 3.8) is 0 Å². The van der Waals surface area contributed by atoms with Gasteiger partial charge in [-0.25, -0.2) is 14.8 Å². The van der Waals surface area contributed by atoms with E-state index in [4.69, 9.17) is 24.9 Å². The van der Waals surface area contributed by atoms with Gasteiger partial charge in [0.1, 0.15) is 48.2 Å². The fourth-order valence-electron chi connectivity index (χ4n) is 3.45. The number of nitrogens with zero attached hydrogens (tertiary/aromatic N) is 2. The zero-order valence-corrected chi connectivity index (χ0v) is 19.5. The molecule has 32 heavy (non-hydrogen) atoms. The van der Waals surface area contributed by atoms with Crippen molar-refractivity contribution in [3.05, 3.63) is 23.5 Å². The summed E-state index contributed by atoms with van der Waals surface area (Å²) in [6, 6.07) is 3.84. The Kier molecular flexibility index (Phi) is 7.40. The first-order valence-corrected chi connectivity index (χ1v) is 11.0. The topological polar surface area (TPSA) is 124 Å². The van der Waals surface area contributed by atoms with E-state index in [9.17, 15) is 4.79 Å². The molecule has 9 nitrogen and oxygen atoms in total. The molecule has 1 amide bonds. The van der Waals surface area contributed by atoms with E-state index in [0.29, 0.717) is 24.8 Å². The summed E-state index contributed by atoms with van der Waals surface area (Å²) in [7, 11) is 0. The summed E-state index contributed by atoms with van der Waals surface area (Å²) in [6.07, 6.45) is 1.33. The number of anilines is 1. The monoisotopic (exact) mass is 443 g/mol. The molecule has 0 aliphatic heterocycles. The highest BCUT2D eigenvalue weighted by Crippen LogP contribution is 2.33. The molecule has 0 aliphatic rings. The van der Waals surface area contributed by atoms with E-state index in [0.717, 1.165) is 46.2 Å². The van der Waals surface area contributed by atoms with E-state index in [1.54, 1.807) is 0 Å². The largest absolute Gasteiger partial charge is 0.490 e. The van der Waals surface area contributed by atoms with Crippen molar-refractivity contribution in [1.82, 2.24) is 20.3 Å². The molecule has 0 fully saturated rings. The minimum Gasteiger partial charge on any atom is -0.490 e. The maximum atomic E-state index is 11.8. The van der Waals surface area contributed by atoms with Gasteiger partial charge in [0.2, 0.25) is 0 Å². The van der Waals surface area contributed by atoms with E-state index < -0.39 is 6.09 Å². The maximum Gasteiger partial charge on any atom is 0.407 e. The molecular formula is C23H33N5O4. The first kappa shape index (κ1) is 23.6. The minimum atomic E-state index is -0.468. The number of nitrogens with one attached hydrogen (secondary N) is 2. The number of nitrogen functional groups attached to an aromatic ring is 1. The maximum absolute atomic E-state index is 11.8. The van der Waals surface area contributed by atoms with E-state index in [2.05, 4.69) is 22.2 Å². The number of amides is 1. The summed E-state index contributed by atoms with van der Waals surface area (Å²) in [5.41, 5.74) is 9.18. The van der Waals surface area contributed by atoms with E-state index in [-0.39, 0.29) is 18.8 Å². The molecule has 2 aromatic heterocycles. The number of aromatic nitrogens is 3. The predicted molar refractivity (Wildman–Crippen MR) is 125 cm³/mol. The second kappa shape index (κ2) is 10.0. The van der Waals surface area contributed by atoms with Crippen LogP contribution in [0.1, 0.15) is 52.4 Å².